The van der Waals surface area contributed by atoms with Gasteiger partial charge in [0.05, 0.1) is 26.4 Å². The lowest BCUT2D eigenvalue weighted by Crippen LogP contribution is -2.37. The van der Waals surface area contributed by atoms with E-state index in [-0.39, 0.29) is 12.4 Å². The number of halogens is 1. The number of nitrogens with two attached hydrogens (primary N) is 1. The summed E-state index contributed by atoms with van der Waals surface area (Å²) in [5, 5.41) is 0. The van der Waals surface area contributed by atoms with E-state index in [9.17, 15) is 0 Å². The van der Waals surface area contributed by atoms with Gasteiger partial charge in [-0.05, 0) is 25.0 Å². The molecular weight excluding hydrogens is 328 g/mol. The Kier molecular flexibility index (Phi) is 9.72. The third kappa shape index (κ3) is 5.64. The average Bonchev–Trinajstić information content (AvgIpc) is 2.58. The maximum absolute atomic E-state index is 6.41. The summed E-state index contributed by atoms with van der Waals surface area (Å²) in [6, 6.07) is 3.91. The number of benzene rings is 1. The van der Waals surface area contributed by atoms with E-state index in [1.54, 1.807) is 0 Å². The van der Waals surface area contributed by atoms with Crippen LogP contribution in [-0.4, -0.2) is 39.5 Å². The molecular formula is C18H31ClN2O3. The van der Waals surface area contributed by atoms with E-state index in [0.29, 0.717) is 18.9 Å². The Morgan fingerprint density at radius 1 is 1.00 bits per heavy atom. The standard InChI is InChI=1S/C18H30N2O3.ClH/c1-3-5-11-22-15-7-8-16(23-12-6-4-2)18(17(15)19)20-9-13-21-14-10-20;/h7-8H,3-6,9-14,19H2,1-2H3;1H. The fraction of sp³-hybridized carbons (Fsp3) is 0.667. The number of nitrogens with zero attached hydrogens (tertiary/aromatic N) is 1. The second kappa shape index (κ2) is 11.3. The molecule has 5 nitrogen and oxygen atoms in total. The highest BCUT2D eigenvalue weighted by atomic mass is 35.5. The first-order chi connectivity index (χ1) is 11.3. The van der Waals surface area contributed by atoms with E-state index in [2.05, 4.69) is 18.7 Å². The van der Waals surface area contributed by atoms with Gasteiger partial charge in [-0.1, -0.05) is 26.7 Å². The quantitative estimate of drug-likeness (QED) is 0.536. The number of morpholine rings is 1. The molecule has 0 atom stereocenters. The minimum absolute atomic E-state index is 0. The Hall–Kier alpha value is -1.33. The maximum Gasteiger partial charge on any atom is 0.145 e. The summed E-state index contributed by atoms with van der Waals surface area (Å²) in [5.74, 6) is 1.60. The van der Waals surface area contributed by atoms with E-state index < -0.39 is 0 Å². The Morgan fingerprint density at radius 3 is 2.12 bits per heavy atom. The van der Waals surface area contributed by atoms with E-state index in [4.69, 9.17) is 19.9 Å². The van der Waals surface area contributed by atoms with Gasteiger partial charge in [0, 0.05) is 13.1 Å². The molecule has 1 aliphatic rings. The summed E-state index contributed by atoms with van der Waals surface area (Å²) >= 11 is 0. The van der Waals surface area contributed by atoms with Gasteiger partial charge < -0.3 is 24.8 Å². The van der Waals surface area contributed by atoms with Gasteiger partial charge in [0.1, 0.15) is 22.9 Å². The second-order valence-corrected chi connectivity index (χ2v) is 5.83. The van der Waals surface area contributed by atoms with Gasteiger partial charge >= 0.3 is 0 Å². The van der Waals surface area contributed by atoms with Gasteiger partial charge in [-0.3, -0.25) is 0 Å². The summed E-state index contributed by atoms with van der Waals surface area (Å²) in [6.07, 6.45) is 4.29. The molecule has 138 valence electrons. The van der Waals surface area contributed by atoms with Gasteiger partial charge in [0.15, 0.2) is 0 Å². The molecule has 0 aromatic heterocycles. The van der Waals surface area contributed by atoms with E-state index >= 15 is 0 Å². The van der Waals surface area contributed by atoms with Crippen molar-refractivity contribution in [2.24, 2.45) is 0 Å². The highest BCUT2D eigenvalue weighted by Gasteiger charge is 2.21. The van der Waals surface area contributed by atoms with Gasteiger partial charge in [-0.2, -0.15) is 0 Å². The van der Waals surface area contributed by atoms with Crippen LogP contribution in [0.25, 0.3) is 0 Å². The van der Waals surface area contributed by atoms with Crippen LogP contribution >= 0.6 is 12.4 Å². The lowest BCUT2D eigenvalue weighted by molar-refractivity contribution is 0.122. The van der Waals surface area contributed by atoms with Gasteiger partial charge in [0.25, 0.3) is 0 Å². The Bertz CT molecular complexity index is 480. The van der Waals surface area contributed by atoms with Crippen molar-refractivity contribution in [3.8, 4) is 11.5 Å². The Balaban J connectivity index is 0.00000288. The predicted octanol–water partition coefficient (Wildman–Crippen LogP) is 3.89. The SMILES string of the molecule is CCCCOc1ccc(OCCCC)c(N2CCOCC2)c1N.Cl. The van der Waals surface area contributed by atoms with Crippen molar-refractivity contribution in [1.29, 1.82) is 0 Å². The summed E-state index contributed by atoms with van der Waals surface area (Å²) < 4.78 is 17.3. The third-order valence-corrected chi connectivity index (χ3v) is 3.98. The minimum Gasteiger partial charge on any atom is -0.491 e. The van der Waals surface area contributed by atoms with Crippen LogP contribution in [0.4, 0.5) is 11.4 Å². The molecule has 1 fully saturated rings. The van der Waals surface area contributed by atoms with E-state index in [0.717, 1.165) is 69.2 Å². The Labute approximate surface area is 151 Å². The molecule has 1 saturated heterocycles. The van der Waals surface area contributed by atoms with Gasteiger partial charge in [0.2, 0.25) is 0 Å². The number of anilines is 2. The van der Waals surface area contributed by atoms with Crippen molar-refractivity contribution in [2.45, 2.75) is 39.5 Å². The molecule has 0 amide bonds. The molecule has 1 aromatic carbocycles. The predicted molar refractivity (Wildman–Crippen MR) is 102 cm³/mol. The fourth-order valence-electron chi connectivity index (χ4n) is 2.58. The summed E-state index contributed by atoms with van der Waals surface area (Å²) in [6.45, 7) is 8.80. The lowest BCUT2D eigenvalue weighted by Gasteiger charge is -2.31. The molecule has 0 unspecified atom stereocenters. The first-order valence-corrected chi connectivity index (χ1v) is 8.78. The van der Waals surface area contributed by atoms with Crippen LogP contribution < -0.4 is 20.1 Å². The van der Waals surface area contributed by atoms with Crippen molar-refractivity contribution in [1.82, 2.24) is 0 Å². The molecule has 24 heavy (non-hydrogen) atoms. The first kappa shape index (κ1) is 20.7. The monoisotopic (exact) mass is 358 g/mol. The number of ether oxygens (including phenoxy) is 3. The van der Waals surface area contributed by atoms with Gasteiger partial charge in [-0.15, -0.1) is 12.4 Å². The summed E-state index contributed by atoms with van der Waals surface area (Å²) in [5.41, 5.74) is 8.05. The molecule has 2 N–H and O–H groups in total. The van der Waals surface area contributed by atoms with Crippen LogP contribution in [0.2, 0.25) is 0 Å². The van der Waals surface area contributed by atoms with Crippen molar-refractivity contribution in [2.75, 3.05) is 50.2 Å². The van der Waals surface area contributed by atoms with Gasteiger partial charge in [-0.25, -0.2) is 0 Å². The maximum atomic E-state index is 6.41. The van der Waals surface area contributed by atoms with Crippen LogP contribution in [0.1, 0.15) is 39.5 Å². The van der Waals surface area contributed by atoms with Crippen LogP contribution in [0.5, 0.6) is 11.5 Å². The fourth-order valence-corrected chi connectivity index (χ4v) is 2.58. The van der Waals surface area contributed by atoms with Crippen LogP contribution in [0.3, 0.4) is 0 Å². The molecule has 1 heterocycles. The van der Waals surface area contributed by atoms with E-state index in [1.165, 1.54) is 0 Å². The molecule has 6 heteroatoms. The molecule has 0 aliphatic carbocycles. The topological polar surface area (TPSA) is 57.0 Å². The first-order valence-electron chi connectivity index (χ1n) is 8.78. The van der Waals surface area contributed by atoms with Crippen LogP contribution in [0, 0.1) is 0 Å². The summed E-state index contributed by atoms with van der Waals surface area (Å²) in [7, 11) is 0. The zero-order chi connectivity index (χ0) is 16.5. The molecule has 1 aromatic rings. The smallest absolute Gasteiger partial charge is 0.145 e. The lowest BCUT2D eigenvalue weighted by atomic mass is 10.2. The van der Waals surface area contributed by atoms with Crippen LogP contribution in [0.15, 0.2) is 12.1 Å². The molecule has 2 rings (SSSR count). The molecule has 0 spiro atoms. The highest BCUT2D eigenvalue weighted by molar-refractivity contribution is 5.85. The average molecular weight is 359 g/mol. The zero-order valence-electron chi connectivity index (χ0n) is 14.9. The normalized spacial score (nSPS) is 14.2. The van der Waals surface area contributed by atoms with Crippen molar-refractivity contribution >= 4 is 23.8 Å². The number of hydrogen-bond donors (Lipinski definition) is 1. The zero-order valence-corrected chi connectivity index (χ0v) is 15.7. The molecule has 1 aliphatic heterocycles. The number of unbranched alkanes of at least 4 members (excludes halogenated alkanes) is 2. The van der Waals surface area contributed by atoms with Crippen molar-refractivity contribution in [3.05, 3.63) is 12.1 Å². The third-order valence-electron chi connectivity index (χ3n) is 3.98. The number of hydrogen-bond acceptors (Lipinski definition) is 5. The molecule has 0 saturated carbocycles. The van der Waals surface area contributed by atoms with Crippen molar-refractivity contribution < 1.29 is 14.2 Å². The number of rotatable bonds is 9. The number of nitrogen functional groups attached to an aromatic ring is 1. The second-order valence-electron chi connectivity index (χ2n) is 5.83. The van der Waals surface area contributed by atoms with Crippen LogP contribution in [-0.2, 0) is 4.74 Å². The molecule has 0 radical (unpaired) electrons. The van der Waals surface area contributed by atoms with E-state index in [1.807, 2.05) is 12.1 Å². The molecule has 0 bridgehead atoms. The minimum atomic E-state index is 0. The summed E-state index contributed by atoms with van der Waals surface area (Å²) in [4.78, 5) is 2.24. The van der Waals surface area contributed by atoms with Crippen molar-refractivity contribution in [3.63, 3.8) is 0 Å². The largest absolute Gasteiger partial charge is 0.491 e. The highest BCUT2D eigenvalue weighted by Crippen LogP contribution is 2.41. The Morgan fingerprint density at radius 2 is 1.54 bits per heavy atom.